The van der Waals surface area contributed by atoms with E-state index < -0.39 is 0 Å². The van der Waals surface area contributed by atoms with Gasteiger partial charge in [-0.05, 0) is 97.4 Å². The monoisotopic (exact) mass is 474 g/mol. The highest BCUT2D eigenvalue weighted by atomic mass is 19.1. The molecule has 4 rings (SSSR count). The van der Waals surface area contributed by atoms with Gasteiger partial charge in [-0.1, -0.05) is 91.9 Å². The van der Waals surface area contributed by atoms with Crippen LogP contribution in [-0.4, -0.2) is 0 Å². The van der Waals surface area contributed by atoms with Gasteiger partial charge in [-0.3, -0.25) is 0 Å². The van der Waals surface area contributed by atoms with Crippen molar-refractivity contribution in [1.29, 1.82) is 0 Å². The number of aryl methyl sites for hydroxylation is 4. The average Bonchev–Trinajstić information content (AvgIpc) is 2.92. The lowest BCUT2D eigenvalue weighted by Crippen LogP contribution is -1.93. The van der Waals surface area contributed by atoms with E-state index in [1.807, 2.05) is 43.3 Å². The molecule has 4 aromatic carbocycles. The lowest BCUT2D eigenvalue weighted by molar-refractivity contribution is 0.621. The van der Waals surface area contributed by atoms with Crippen LogP contribution in [0.5, 0.6) is 0 Å². The van der Waals surface area contributed by atoms with Crippen molar-refractivity contribution in [2.45, 2.75) is 58.8 Å². The van der Waals surface area contributed by atoms with Crippen LogP contribution in [0.1, 0.15) is 66.5 Å². The second kappa shape index (κ2) is 12.9. The molecule has 0 N–H and O–H groups in total. The zero-order chi connectivity index (χ0) is 25.2. The minimum atomic E-state index is -0.112. The summed E-state index contributed by atoms with van der Waals surface area (Å²) in [7, 11) is 0. The van der Waals surface area contributed by atoms with E-state index in [2.05, 4.69) is 73.4 Å². The van der Waals surface area contributed by atoms with Crippen molar-refractivity contribution in [3.05, 3.63) is 130 Å². The van der Waals surface area contributed by atoms with Crippen LogP contribution in [0.15, 0.2) is 91.0 Å². The predicted octanol–water partition coefficient (Wildman–Crippen LogP) is 9.02. The van der Waals surface area contributed by atoms with Gasteiger partial charge in [0.25, 0.3) is 0 Å². The zero-order valence-corrected chi connectivity index (χ0v) is 21.5. The third kappa shape index (κ3) is 6.96. The molecule has 0 radical (unpaired) electrons. The molecule has 0 bridgehead atoms. The highest BCUT2D eigenvalue weighted by molar-refractivity contribution is 5.85. The Morgan fingerprint density at radius 3 is 1.97 bits per heavy atom. The Kier molecular flexibility index (Phi) is 9.12. The minimum absolute atomic E-state index is 0.112. The maximum absolute atomic E-state index is 14.9. The van der Waals surface area contributed by atoms with Crippen molar-refractivity contribution >= 4 is 10.8 Å². The van der Waals surface area contributed by atoms with E-state index in [0.717, 1.165) is 47.8 Å². The summed E-state index contributed by atoms with van der Waals surface area (Å²) in [4.78, 5) is 0. The van der Waals surface area contributed by atoms with Gasteiger partial charge in [0.15, 0.2) is 0 Å². The van der Waals surface area contributed by atoms with Crippen molar-refractivity contribution < 1.29 is 4.39 Å². The fraction of sp³-hybridized carbons (Fsp3) is 0.257. The topological polar surface area (TPSA) is 0 Å². The number of hydrogen-bond acceptors (Lipinski definition) is 0. The van der Waals surface area contributed by atoms with Crippen molar-refractivity contribution in [2.75, 3.05) is 0 Å². The van der Waals surface area contributed by atoms with Gasteiger partial charge in [-0.15, -0.1) is 0 Å². The van der Waals surface area contributed by atoms with Crippen molar-refractivity contribution in [1.82, 2.24) is 0 Å². The Hall–Kier alpha value is -3.63. The molecule has 0 aliphatic heterocycles. The summed E-state index contributed by atoms with van der Waals surface area (Å²) < 4.78 is 14.9. The fourth-order valence-corrected chi connectivity index (χ4v) is 4.45. The summed E-state index contributed by atoms with van der Waals surface area (Å²) in [5, 5.41) is 1.56. The molecule has 1 heteroatoms. The quantitative estimate of drug-likeness (QED) is 0.168. The van der Waals surface area contributed by atoms with Crippen LogP contribution < -0.4 is 0 Å². The van der Waals surface area contributed by atoms with Crippen molar-refractivity contribution in [2.24, 2.45) is 0 Å². The van der Waals surface area contributed by atoms with E-state index >= 15 is 0 Å². The smallest absolute Gasteiger partial charge is 0.134 e. The third-order valence-electron chi connectivity index (χ3n) is 6.70. The van der Waals surface area contributed by atoms with Crippen LogP contribution in [-0.2, 0) is 25.7 Å². The number of benzene rings is 4. The molecule has 0 unspecified atom stereocenters. The zero-order valence-electron chi connectivity index (χ0n) is 21.5. The fourth-order valence-electron chi connectivity index (χ4n) is 4.45. The van der Waals surface area contributed by atoms with Crippen LogP contribution in [0.2, 0.25) is 0 Å². The van der Waals surface area contributed by atoms with Gasteiger partial charge < -0.3 is 0 Å². The maximum atomic E-state index is 14.9. The lowest BCUT2D eigenvalue weighted by Gasteiger charge is -2.06. The summed E-state index contributed by atoms with van der Waals surface area (Å²) in [5.41, 5.74) is 6.80. The molecule has 0 amide bonds. The first kappa shape index (κ1) is 25.5. The summed E-state index contributed by atoms with van der Waals surface area (Å²) in [6, 6.07) is 27.3. The SMILES string of the molecule is C/C=C/CCc1ccc2cc(C#Cc3ccc(CCc4ccc(CCCC)cc4)cc3)ccc2c1F. The summed E-state index contributed by atoms with van der Waals surface area (Å²) in [6.45, 7) is 4.22. The van der Waals surface area contributed by atoms with Crippen LogP contribution >= 0.6 is 0 Å². The van der Waals surface area contributed by atoms with Gasteiger partial charge in [0.1, 0.15) is 5.82 Å². The molecule has 0 heterocycles. The molecule has 0 saturated heterocycles. The normalized spacial score (nSPS) is 11.1. The Bertz CT molecular complexity index is 1360. The van der Waals surface area contributed by atoms with Gasteiger partial charge in [-0.2, -0.15) is 0 Å². The number of unbranched alkanes of at least 4 members (excludes halogenated alkanes) is 1. The molecule has 0 aliphatic rings. The molecule has 36 heavy (non-hydrogen) atoms. The molecule has 0 spiro atoms. The Morgan fingerprint density at radius 2 is 1.31 bits per heavy atom. The number of halogens is 1. The van der Waals surface area contributed by atoms with Gasteiger partial charge in [0, 0.05) is 16.5 Å². The molecule has 0 saturated carbocycles. The number of allylic oxidation sites excluding steroid dienone is 2. The molecule has 4 aromatic rings. The van der Waals surface area contributed by atoms with Gasteiger partial charge >= 0.3 is 0 Å². The van der Waals surface area contributed by atoms with Crippen molar-refractivity contribution in [3.63, 3.8) is 0 Å². The molecule has 0 aromatic heterocycles. The van der Waals surface area contributed by atoms with E-state index in [1.165, 1.54) is 36.0 Å². The Morgan fingerprint density at radius 1 is 0.694 bits per heavy atom. The summed E-state index contributed by atoms with van der Waals surface area (Å²) in [6.07, 6.45) is 11.4. The summed E-state index contributed by atoms with van der Waals surface area (Å²) >= 11 is 0. The van der Waals surface area contributed by atoms with E-state index in [1.54, 1.807) is 0 Å². The highest BCUT2D eigenvalue weighted by Crippen LogP contribution is 2.23. The van der Waals surface area contributed by atoms with Gasteiger partial charge in [0.05, 0.1) is 0 Å². The molecular formula is C35H35F. The molecule has 182 valence electrons. The van der Waals surface area contributed by atoms with Crippen LogP contribution in [0.25, 0.3) is 10.8 Å². The highest BCUT2D eigenvalue weighted by Gasteiger charge is 2.07. The first-order chi connectivity index (χ1) is 17.7. The van der Waals surface area contributed by atoms with Crippen LogP contribution in [0.4, 0.5) is 4.39 Å². The Balaban J connectivity index is 1.37. The van der Waals surface area contributed by atoms with Gasteiger partial charge in [-0.25, -0.2) is 4.39 Å². The van der Waals surface area contributed by atoms with E-state index in [4.69, 9.17) is 0 Å². The Labute approximate surface area is 215 Å². The van der Waals surface area contributed by atoms with Crippen LogP contribution in [0.3, 0.4) is 0 Å². The largest absolute Gasteiger partial charge is 0.206 e. The first-order valence-corrected chi connectivity index (χ1v) is 13.2. The average molecular weight is 475 g/mol. The first-order valence-electron chi connectivity index (χ1n) is 13.2. The number of rotatable bonds is 9. The molecule has 0 fully saturated rings. The molecular weight excluding hydrogens is 439 g/mol. The number of hydrogen-bond donors (Lipinski definition) is 0. The van der Waals surface area contributed by atoms with Crippen molar-refractivity contribution in [3.8, 4) is 11.8 Å². The maximum Gasteiger partial charge on any atom is 0.134 e. The van der Waals surface area contributed by atoms with E-state index in [0.29, 0.717) is 5.39 Å². The standard InChI is InChI=1S/C35H35F/c1-3-5-7-9-32-23-24-33-26-31(22-25-34(33)35(32)36)21-20-30-18-16-29(17-19-30)15-14-28-12-10-27(11-13-28)8-6-4-2/h3,5,10-13,16-19,22-26H,4,6-9,14-15H2,1-2H3/b5-3+. The molecule has 0 aliphatic carbocycles. The lowest BCUT2D eigenvalue weighted by atomic mass is 10.0. The number of fused-ring (bicyclic) bond motifs is 1. The second-order valence-corrected chi connectivity index (χ2v) is 9.45. The van der Waals surface area contributed by atoms with Crippen LogP contribution in [0, 0.1) is 17.7 Å². The second-order valence-electron chi connectivity index (χ2n) is 9.45. The predicted molar refractivity (Wildman–Crippen MR) is 152 cm³/mol. The third-order valence-corrected chi connectivity index (χ3v) is 6.70. The van der Waals surface area contributed by atoms with E-state index in [-0.39, 0.29) is 5.82 Å². The molecule has 0 atom stereocenters. The van der Waals surface area contributed by atoms with Gasteiger partial charge in [0.2, 0.25) is 0 Å². The summed E-state index contributed by atoms with van der Waals surface area (Å²) in [5.74, 6) is 6.39. The molecule has 0 nitrogen and oxygen atoms in total. The van der Waals surface area contributed by atoms with E-state index in [9.17, 15) is 4.39 Å². The minimum Gasteiger partial charge on any atom is -0.206 e.